The van der Waals surface area contributed by atoms with Gasteiger partial charge in [-0.3, -0.25) is 29.5 Å². The summed E-state index contributed by atoms with van der Waals surface area (Å²) in [7, 11) is 1.36. The monoisotopic (exact) mass is 683 g/mol. The number of carbonyl (C=O) groups is 4. The molecule has 0 unspecified atom stereocenters. The van der Waals surface area contributed by atoms with Crippen molar-refractivity contribution in [3.63, 3.8) is 0 Å². The first-order valence-corrected chi connectivity index (χ1v) is 15.4. The van der Waals surface area contributed by atoms with Gasteiger partial charge in [0.1, 0.15) is 17.3 Å². The molecule has 4 amide bonds. The van der Waals surface area contributed by atoms with E-state index in [0.717, 1.165) is 40.2 Å². The number of nitrogens with one attached hydrogen (secondary N) is 1. The summed E-state index contributed by atoms with van der Waals surface area (Å²) >= 11 is 6.23. The van der Waals surface area contributed by atoms with Crippen molar-refractivity contribution in [2.24, 2.45) is 23.7 Å². The largest absolute Gasteiger partial charge is 0.573 e. The van der Waals surface area contributed by atoms with Crippen molar-refractivity contribution in [1.82, 2.24) is 9.91 Å². The molecule has 3 aromatic rings. The maximum atomic E-state index is 15.0. The second-order valence-corrected chi connectivity index (χ2v) is 12.8. The van der Waals surface area contributed by atoms with Gasteiger partial charge in [0.2, 0.25) is 11.8 Å². The lowest BCUT2D eigenvalue weighted by Gasteiger charge is -2.50. The number of carbonyl (C=O) groups excluding carboxylic acids is 4. The van der Waals surface area contributed by atoms with Crippen molar-refractivity contribution >= 4 is 40.9 Å². The third-order valence-corrected chi connectivity index (χ3v) is 10.3. The van der Waals surface area contributed by atoms with Gasteiger partial charge in [-0.15, -0.1) is 13.2 Å². The number of alkyl halides is 3. The van der Waals surface area contributed by atoms with E-state index in [4.69, 9.17) is 11.6 Å². The molecule has 0 radical (unpaired) electrons. The second kappa shape index (κ2) is 11.1. The molecule has 7 rings (SSSR count). The smallest absolute Gasteiger partial charge is 0.508 e. The molecule has 0 spiro atoms. The van der Waals surface area contributed by atoms with E-state index in [1.54, 1.807) is 6.08 Å². The zero-order valence-electron chi connectivity index (χ0n) is 25.0. The Morgan fingerprint density at radius 2 is 1.62 bits per heavy atom. The topological polar surface area (TPSA) is 116 Å². The Bertz CT molecular complexity index is 1900. The number of allylic oxidation sites excluding steroid dienone is 2. The molecule has 2 heterocycles. The number of ether oxygens (including phenoxy) is 1. The Morgan fingerprint density at radius 3 is 2.29 bits per heavy atom. The van der Waals surface area contributed by atoms with Crippen molar-refractivity contribution in [2.75, 3.05) is 12.5 Å². The highest BCUT2D eigenvalue weighted by molar-refractivity contribution is 6.30. The number of phenolic OH excluding ortho intramolecular Hbond substituents is 1. The van der Waals surface area contributed by atoms with E-state index in [0.29, 0.717) is 10.6 Å². The molecule has 0 aromatic heterocycles. The summed E-state index contributed by atoms with van der Waals surface area (Å²) < 4.78 is 58.2. The predicted molar refractivity (Wildman–Crippen MR) is 162 cm³/mol. The summed E-state index contributed by atoms with van der Waals surface area (Å²) in [5.74, 6) is -9.14. The van der Waals surface area contributed by atoms with Gasteiger partial charge in [-0.25, -0.2) is 4.39 Å². The van der Waals surface area contributed by atoms with Crippen LogP contribution in [0.25, 0.3) is 0 Å². The highest BCUT2D eigenvalue weighted by Gasteiger charge is 2.70. The van der Waals surface area contributed by atoms with Gasteiger partial charge >= 0.3 is 6.36 Å². The molecule has 2 aliphatic heterocycles. The minimum absolute atomic E-state index is 0.0787. The summed E-state index contributed by atoms with van der Waals surface area (Å²) in [5, 5.41) is 12.4. The first-order valence-electron chi connectivity index (χ1n) is 15.0. The fraction of sp³-hybridized carbons (Fsp3) is 0.294. The van der Waals surface area contributed by atoms with Gasteiger partial charge in [-0.05, 0) is 78.9 Å². The lowest BCUT2D eigenvalue weighted by Crippen LogP contribution is -2.53. The average Bonchev–Trinajstić information content (AvgIpc) is 3.39. The molecule has 2 saturated heterocycles. The number of aromatic hydroxyl groups is 1. The number of phenols is 1. The van der Waals surface area contributed by atoms with Gasteiger partial charge < -0.3 is 9.84 Å². The van der Waals surface area contributed by atoms with Crippen LogP contribution in [-0.2, 0) is 24.6 Å². The van der Waals surface area contributed by atoms with Crippen LogP contribution in [0.5, 0.6) is 11.5 Å². The van der Waals surface area contributed by atoms with E-state index in [2.05, 4.69) is 10.2 Å². The van der Waals surface area contributed by atoms with E-state index in [1.165, 1.54) is 43.4 Å². The third-order valence-electron chi connectivity index (χ3n) is 10.0. The standard InChI is InChI=1S/C34H26ClF4N3O6/c1-41-29(44)22-12-11-21-23(27(22)31(41)46)15-25-30(45)42(40-19-8-6-18(36)7-9-19)32(47)33(25,16-2-4-17(35)5-3-16)28(21)24-14-20(10-13-26(24)43)48-34(37,38)39/h2-11,13-14,22-23,25,27-28,40,43H,12,15H2,1H3/t22-,23+,25-,27-,28+,33+/m0/s1. The zero-order valence-corrected chi connectivity index (χ0v) is 25.8. The number of hydrogen-bond acceptors (Lipinski definition) is 7. The normalized spacial score (nSPS) is 28.2. The van der Waals surface area contributed by atoms with E-state index >= 15 is 0 Å². The lowest BCUT2D eigenvalue weighted by molar-refractivity contribution is -0.274. The SMILES string of the molecule is CN1C(=O)[C@H]2[C@H](CC=C3[C@H]2C[C@H]2C(=O)N(Nc4ccc(F)cc4)C(=O)[C@@]2(c2ccc(Cl)cc2)[C@H]3c2cc(OC(F)(F)F)ccc2O)C1=O. The molecule has 1 saturated carbocycles. The minimum Gasteiger partial charge on any atom is -0.508 e. The fourth-order valence-electron chi connectivity index (χ4n) is 8.12. The maximum Gasteiger partial charge on any atom is 0.573 e. The van der Waals surface area contributed by atoms with Gasteiger partial charge in [-0.1, -0.05) is 35.4 Å². The molecular formula is C34H26ClF4N3O6. The van der Waals surface area contributed by atoms with Crippen LogP contribution < -0.4 is 10.2 Å². The van der Waals surface area contributed by atoms with Crippen LogP contribution >= 0.6 is 11.6 Å². The molecule has 248 valence electrons. The zero-order chi connectivity index (χ0) is 34.3. The van der Waals surface area contributed by atoms with Gasteiger partial charge in [-0.2, -0.15) is 5.01 Å². The van der Waals surface area contributed by atoms with Crippen molar-refractivity contribution in [1.29, 1.82) is 0 Å². The lowest BCUT2D eigenvalue weighted by atomic mass is 9.49. The average molecular weight is 684 g/mol. The molecule has 0 bridgehead atoms. The van der Waals surface area contributed by atoms with E-state index in [9.17, 15) is 41.8 Å². The minimum atomic E-state index is -5.09. The number of halogens is 5. The van der Waals surface area contributed by atoms with Crippen LogP contribution in [-0.4, -0.2) is 52.1 Å². The van der Waals surface area contributed by atoms with Crippen molar-refractivity contribution in [2.45, 2.75) is 30.5 Å². The van der Waals surface area contributed by atoms with Gasteiger partial charge in [0.05, 0.1) is 28.9 Å². The maximum absolute atomic E-state index is 15.0. The molecule has 14 heteroatoms. The highest BCUT2D eigenvalue weighted by Crippen LogP contribution is 2.65. The summed E-state index contributed by atoms with van der Waals surface area (Å²) in [6.45, 7) is 0. The number of imide groups is 2. The van der Waals surface area contributed by atoms with Gasteiger partial charge in [0.15, 0.2) is 0 Å². The predicted octanol–water partition coefficient (Wildman–Crippen LogP) is 5.70. The van der Waals surface area contributed by atoms with Crippen LogP contribution in [0.3, 0.4) is 0 Å². The molecule has 4 aliphatic rings. The number of nitrogens with zero attached hydrogens (tertiary/aromatic N) is 2. The summed E-state index contributed by atoms with van der Waals surface area (Å²) in [5.41, 5.74) is 1.61. The van der Waals surface area contributed by atoms with Crippen LogP contribution in [0.2, 0.25) is 5.02 Å². The molecular weight excluding hydrogens is 658 g/mol. The summed E-state index contributed by atoms with van der Waals surface area (Å²) in [6.07, 6.45) is -3.39. The summed E-state index contributed by atoms with van der Waals surface area (Å²) in [6, 6.07) is 13.9. The number of anilines is 1. The Hall–Kier alpha value is -4.91. The van der Waals surface area contributed by atoms with E-state index in [1.807, 2.05) is 0 Å². The van der Waals surface area contributed by atoms with Crippen molar-refractivity contribution < 1.29 is 46.6 Å². The van der Waals surface area contributed by atoms with E-state index in [-0.39, 0.29) is 29.7 Å². The molecule has 3 fully saturated rings. The van der Waals surface area contributed by atoms with Crippen LogP contribution in [0.1, 0.15) is 29.9 Å². The summed E-state index contributed by atoms with van der Waals surface area (Å²) in [4.78, 5) is 57.1. The van der Waals surface area contributed by atoms with Crippen molar-refractivity contribution in [3.05, 3.63) is 100 Å². The Balaban J connectivity index is 1.49. The number of hydrogen-bond donors (Lipinski definition) is 2. The Morgan fingerprint density at radius 1 is 0.938 bits per heavy atom. The number of likely N-dealkylation sites (tertiary alicyclic amines) is 1. The molecule has 9 nitrogen and oxygen atoms in total. The third kappa shape index (κ3) is 4.74. The fourth-order valence-corrected chi connectivity index (χ4v) is 8.24. The molecule has 2 aliphatic carbocycles. The second-order valence-electron chi connectivity index (χ2n) is 12.4. The molecule has 48 heavy (non-hydrogen) atoms. The number of benzene rings is 3. The van der Waals surface area contributed by atoms with Crippen LogP contribution in [0.4, 0.5) is 23.2 Å². The van der Waals surface area contributed by atoms with Gasteiger partial charge in [0.25, 0.3) is 11.8 Å². The number of amides is 4. The Labute approximate surface area is 275 Å². The number of hydrazine groups is 1. The van der Waals surface area contributed by atoms with Crippen LogP contribution in [0, 0.1) is 29.5 Å². The Kier molecular flexibility index (Phi) is 7.31. The number of fused-ring (bicyclic) bond motifs is 4. The van der Waals surface area contributed by atoms with Gasteiger partial charge in [0, 0.05) is 23.6 Å². The first kappa shape index (κ1) is 31.7. The molecule has 3 aromatic carbocycles. The number of rotatable bonds is 5. The van der Waals surface area contributed by atoms with Crippen molar-refractivity contribution in [3.8, 4) is 11.5 Å². The first-order chi connectivity index (χ1) is 22.7. The van der Waals surface area contributed by atoms with E-state index < -0.39 is 82.3 Å². The quantitative estimate of drug-likeness (QED) is 0.202. The molecule has 2 N–H and O–H groups in total. The highest BCUT2D eigenvalue weighted by atomic mass is 35.5. The molecule has 6 atom stereocenters. The van der Waals surface area contributed by atoms with Crippen LogP contribution in [0.15, 0.2) is 78.4 Å².